The van der Waals surface area contributed by atoms with Crippen molar-refractivity contribution in [2.45, 2.75) is 18.3 Å². The summed E-state index contributed by atoms with van der Waals surface area (Å²) in [5.74, 6) is -1.21. The normalized spacial score (nSPS) is 15.5. The molecule has 0 radical (unpaired) electrons. The molecule has 2 N–H and O–H groups in total. The minimum atomic E-state index is -0.755. The molecule has 0 aliphatic carbocycles. The second-order valence-electron chi connectivity index (χ2n) is 6.77. The van der Waals surface area contributed by atoms with E-state index in [1.165, 1.54) is 19.2 Å². The third kappa shape index (κ3) is 4.67. The molecule has 1 saturated heterocycles. The molecular weight excluding hydrogens is 363 g/mol. The number of methoxy groups -OCH3 is 1. The van der Waals surface area contributed by atoms with Crippen molar-refractivity contribution in [2.24, 2.45) is 0 Å². The number of carbonyl (C=O) groups excluding carboxylic acids is 2. The van der Waals surface area contributed by atoms with E-state index in [2.05, 4.69) is 10.6 Å². The van der Waals surface area contributed by atoms with Gasteiger partial charge < -0.3 is 20.1 Å². The van der Waals surface area contributed by atoms with Gasteiger partial charge in [0.05, 0.1) is 7.11 Å². The summed E-state index contributed by atoms with van der Waals surface area (Å²) < 4.78 is 23.9. The van der Waals surface area contributed by atoms with Crippen LogP contribution >= 0.6 is 0 Å². The molecule has 0 bridgehead atoms. The standard InChI is InChI=1S/C21H23FN2O4/c1-27-18-4-2-3-17(13-18)24-20(26)19(25)23-14-21(9-11-28-12-10-21)15-5-7-16(22)8-6-15/h2-8,13H,9-12,14H2,1H3,(H,23,25)(H,24,26). The summed E-state index contributed by atoms with van der Waals surface area (Å²) in [7, 11) is 1.52. The molecule has 148 valence electrons. The fraction of sp³-hybridized carbons (Fsp3) is 0.333. The summed E-state index contributed by atoms with van der Waals surface area (Å²) in [6, 6.07) is 13.0. The molecule has 0 spiro atoms. The molecule has 28 heavy (non-hydrogen) atoms. The van der Waals surface area contributed by atoms with Crippen molar-refractivity contribution in [3.63, 3.8) is 0 Å². The zero-order chi connectivity index (χ0) is 20.0. The van der Waals surface area contributed by atoms with Gasteiger partial charge in [0.25, 0.3) is 0 Å². The van der Waals surface area contributed by atoms with Crippen LogP contribution in [0.3, 0.4) is 0 Å². The first-order chi connectivity index (χ1) is 13.5. The van der Waals surface area contributed by atoms with Crippen LogP contribution in [0.4, 0.5) is 10.1 Å². The summed E-state index contributed by atoms with van der Waals surface area (Å²) in [5.41, 5.74) is 1.00. The van der Waals surface area contributed by atoms with Gasteiger partial charge >= 0.3 is 11.8 Å². The predicted octanol–water partition coefficient (Wildman–Crippen LogP) is 2.64. The molecule has 0 aromatic heterocycles. The molecule has 2 aromatic rings. The largest absolute Gasteiger partial charge is 0.497 e. The predicted molar refractivity (Wildman–Crippen MR) is 103 cm³/mol. The van der Waals surface area contributed by atoms with E-state index in [0.29, 0.717) is 37.5 Å². The number of hydrogen-bond donors (Lipinski definition) is 2. The van der Waals surface area contributed by atoms with Crippen molar-refractivity contribution in [2.75, 3.05) is 32.2 Å². The van der Waals surface area contributed by atoms with E-state index in [0.717, 1.165) is 5.56 Å². The van der Waals surface area contributed by atoms with Gasteiger partial charge in [-0.05, 0) is 42.7 Å². The van der Waals surface area contributed by atoms with Gasteiger partial charge in [0, 0.05) is 36.9 Å². The molecule has 0 atom stereocenters. The molecule has 2 amide bonds. The van der Waals surface area contributed by atoms with Crippen LogP contribution in [0.25, 0.3) is 0 Å². The number of amides is 2. The van der Waals surface area contributed by atoms with Crippen LogP contribution < -0.4 is 15.4 Å². The molecule has 6 nitrogen and oxygen atoms in total. The topological polar surface area (TPSA) is 76.7 Å². The number of benzene rings is 2. The molecule has 1 heterocycles. The van der Waals surface area contributed by atoms with Gasteiger partial charge in [-0.2, -0.15) is 0 Å². The van der Waals surface area contributed by atoms with Crippen LogP contribution in [0.5, 0.6) is 5.75 Å². The molecule has 2 aromatic carbocycles. The Balaban J connectivity index is 1.66. The van der Waals surface area contributed by atoms with Crippen molar-refractivity contribution >= 4 is 17.5 Å². The van der Waals surface area contributed by atoms with E-state index in [4.69, 9.17) is 9.47 Å². The molecule has 0 unspecified atom stereocenters. The van der Waals surface area contributed by atoms with Crippen LogP contribution in [0.1, 0.15) is 18.4 Å². The van der Waals surface area contributed by atoms with Gasteiger partial charge in [-0.1, -0.05) is 18.2 Å². The number of hydrogen-bond acceptors (Lipinski definition) is 4. The first-order valence-corrected chi connectivity index (χ1v) is 9.09. The lowest BCUT2D eigenvalue weighted by Gasteiger charge is -2.37. The van der Waals surface area contributed by atoms with Crippen molar-refractivity contribution in [1.29, 1.82) is 0 Å². The number of rotatable bonds is 5. The maximum Gasteiger partial charge on any atom is 0.313 e. The first kappa shape index (κ1) is 19.8. The molecule has 7 heteroatoms. The Labute approximate surface area is 163 Å². The summed E-state index contributed by atoms with van der Waals surface area (Å²) >= 11 is 0. The molecule has 1 aliphatic heterocycles. The highest BCUT2D eigenvalue weighted by Crippen LogP contribution is 2.34. The SMILES string of the molecule is COc1cccc(NC(=O)C(=O)NCC2(c3ccc(F)cc3)CCOCC2)c1. The van der Waals surface area contributed by atoms with E-state index < -0.39 is 17.2 Å². The quantitative estimate of drug-likeness (QED) is 0.775. The van der Waals surface area contributed by atoms with Crippen LogP contribution in [0.2, 0.25) is 0 Å². The number of ether oxygens (including phenoxy) is 2. The van der Waals surface area contributed by atoms with Crippen LogP contribution in [-0.2, 0) is 19.7 Å². The van der Waals surface area contributed by atoms with E-state index in [1.807, 2.05) is 0 Å². The summed E-state index contributed by atoms with van der Waals surface area (Å²) in [5, 5.41) is 5.28. The average Bonchev–Trinajstić information content (AvgIpc) is 2.73. The first-order valence-electron chi connectivity index (χ1n) is 9.09. The maximum absolute atomic E-state index is 13.3. The van der Waals surface area contributed by atoms with Crippen molar-refractivity contribution < 1.29 is 23.5 Å². The second-order valence-corrected chi connectivity index (χ2v) is 6.77. The zero-order valence-electron chi connectivity index (χ0n) is 15.7. The van der Waals surface area contributed by atoms with Crippen molar-refractivity contribution in [3.8, 4) is 5.75 Å². The fourth-order valence-corrected chi connectivity index (χ4v) is 3.35. The highest BCUT2D eigenvalue weighted by molar-refractivity contribution is 6.39. The Bertz CT molecular complexity index is 833. The van der Waals surface area contributed by atoms with Crippen molar-refractivity contribution in [3.05, 3.63) is 59.9 Å². The lowest BCUT2D eigenvalue weighted by Crippen LogP contribution is -2.47. The summed E-state index contributed by atoms with van der Waals surface area (Å²) in [4.78, 5) is 24.6. The number of nitrogens with one attached hydrogen (secondary N) is 2. The fourth-order valence-electron chi connectivity index (χ4n) is 3.35. The third-order valence-electron chi connectivity index (χ3n) is 5.03. The number of anilines is 1. The average molecular weight is 386 g/mol. The summed E-state index contributed by atoms with van der Waals surface area (Å²) in [6.07, 6.45) is 1.35. The van der Waals surface area contributed by atoms with Crippen molar-refractivity contribution in [1.82, 2.24) is 5.32 Å². The van der Waals surface area contributed by atoms with E-state index >= 15 is 0 Å². The van der Waals surface area contributed by atoms with Gasteiger partial charge in [-0.25, -0.2) is 4.39 Å². The Kier molecular flexibility index (Phi) is 6.26. The minimum Gasteiger partial charge on any atom is -0.497 e. The Morgan fingerprint density at radius 2 is 1.82 bits per heavy atom. The van der Waals surface area contributed by atoms with Gasteiger partial charge in [0.15, 0.2) is 0 Å². The van der Waals surface area contributed by atoms with E-state index in [1.54, 1.807) is 36.4 Å². The molecule has 3 rings (SSSR count). The van der Waals surface area contributed by atoms with Gasteiger partial charge in [0.2, 0.25) is 0 Å². The highest BCUT2D eigenvalue weighted by atomic mass is 19.1. The van der Waals surface area contributed by atoms with Crippen LogP contribution in [0.15, 0.2) is 48.5 Å². The lowest BCUT2D eigenvalue weighted by atomic mass is 9.74. The number of carbonyl (C=O) groups is 2. The monoisotopic (exact) mass is 386 g/mol. The Morgan fingerprint density at radius 3 is 2.50 bits per heavy atom. The van der Waals surface area contributed by atoms with E-state index in [9.17, 15) is 14.0 Å². The minimum absolute atomic E-state index is 0.270. The molecule has 1 fully saturated rings. The molecule has 1 aliphatic rings. The maximum atomic E-state index is 13.3. The zero-order valence-corrected chi connectivity index (χ0v) is 15.7. The number of halogens is 1. The van der Waals surface area contributed by atoms with Gasteiger partial charge in [-0.15, -0.1) is 0 Å². The smallest absolute Gasteiger partial charge is 0.313 e. The van der Waals surface area contributed by atoms with Gasteiger partial charge in [0.1, 0.15) is 11.6 Å². The second kappa shape index (κ2) is 8.84. The Morgan fingerprint density at radius 1 is 1.11 bits per heavy atom. The Hall–Kier alpha value is -2.93. The lowest BCUT2D eigenvalue weighted by molar-refractivity contribution is -0.136. The molecule has 0 saturated carbocycles. The third-order valence-corrected chi connectivity index (χ3v) is 5.03. The van der Waals surface area contributed by atoms with Crippen LogP contribution in [-0.4, -0.2) is 38.7 Å². The van der Waals surface area contributed by atoms with E-state index in [-0.39, 0.29) is 12.4 Å². The summed E-state index contributed by atoms with van der Waals surface area (Å²) in [6.45, 7) is 1.36. The molecular formula is C21H23FN2O4. The van der Waals surface area contributed by atoms with Crippen LogP contribution in [0, 0.1) is 5.82 Å². The van der Waals surface area contributed by atoms with Gasteiger partial charge in [-0.3, -0.25) is 9.59 Å². The highest BCUT2D eigenvalue weighted by Gasteiger charge is 2.35.